The highest BCUT2D eigenvalue weighted by atomic mass is 35.5. The van der Waals surface area contributed by atoms with Gasteiger partial charge in [0, 0.05) is 24.6 Å². The SMILES string of the molecule is CC(C)NS(=O)(=O)c1cccc(CNC(=O)c2cc(Cl)c3c(c2)OCCCO3)c1. The zero-order valence-corrected chi connectivity index (χ0v) is 17.8. The summed E-state index contributed by atoms with van der Waals surface area (Å²) in [5.74, 6) is 0.528. The molecule has 0 aliphatic carbocycles. The summed E-state index contributed by atoms with van der Waals surface area (Å²) < 4.78 is 38.3. The first kappa shape index (κ1) is 21.4. The molecule has 0 radical (unpaired) electrons. The number of carbonyl (C=O) groups excluding carboxylic acids is 1. The second kappa shape index (κ2) is 9.02. The highest BCUT2D eigenvalue weighted by molar-refractivity contribution is 7.89. The molecule has 0 saturated heterocycles. The normalized spacial score (nSPS) is 13.8. The van der Waals surface area contributed by atoms with Gasteiger partial charge in [-0.15, -0.1) is 0 Å². The van der Waals surface area contributed by atoms with Crippen LogP contribution in [0.15, 0.2) is 41.3 Å². The Morgan fingerprint density at radius 2 is 1.93 bits per heavy atom. The summed E-state index contributed by atoms with van der Waals surface area (Å²) in [7, 11) is -3.60. The molecule has 3 rings (SSSR count). The molecule has 0 atom stereocenters. The Bertz CT molecular complexity index is 1010. The summed E-state index contributed by atoms with van der Waals surface area (Å²) in [5, 5.41) is 3.08. The van der Waals surface area contributed by atoms with E-state index < -0.39 is 10.0 Å². The van der Waals surface area contributed by atoms with Crippen molar-refractivity contribution >= 4 is 27.5 Å². The van der Waals surface area contributed by atoms with E-state index in [1.807, 2.05) is 0 Å². The fourth-order valence-electron chi connectivity index (χ4n) is 2.85. The molecular formula is C20H23ClN2O5S. The Morgan fingerprint density at radius 1 is 1.17 bits per heavy atom. The van der Waals surface area contributed by atoms with Crippen LogP contribution in [-0.4, -0.2) is 33.6 Å². The highest BCUT2D eigenvalue weighted by Crippen LogP contribution is 2.37. The first-order valence-corrected chi connectivity index (χ1v) is 11.1. The number of rotatable bonds is 6. The maximum absolute atomic E-state index is 12.6. The van der Waals surface area contributed by atoms with Crippen molar-refractivity contribution in [1.82, 2.24) is 10.0 Å². The molecule has 1 aliphatic rings. The van der Waals surface area contributed by atoms with Crippen LogP contribution in [0.25, 0.3) is 0 Å². The number of ether oxygens (including phenoxy) is 2. The molecule has 0 unspecified atom stereocenters. The van der Waals surface area contributed by atoms with E-state index in [0.29, 0.717) is 40.9 Å². The smallest absolute Gasteiger partial charge is 0.251 e. The van der Waals surface area contributed by atoms with Crippen LogP contribution in [0, 0.1) is 0 Å². The lowest BCUT2D eigenvalue weighted by molar-refractivity contribution is 0.0950. The predicted octanol–water partition coefficient (Wildman–Crippen LogP) is 3.12. The molecule has 1 aliphatic heterocycles. The van der Waals surface area contributed by atoms with E-state index >= 15 is 0 Å². The number of hydrogen-bond donors (Lipinski definition) is 2. The summed E-state index contributed by atoms with van der Waals surface area (Å²) in [6, 6.07) is 9.34. The average molecular weight is 439 g/mol. The lowest BCUT2D eigenvalue weighted by atomic mass is 10.1. The largest absolute Gasteiger partial charge is 0.489 e. The standard InChI is InChI=1S/C20H23ClN2O5S/c1-13(2)23-29(25,26)16-6-3-5-14(9-16)12-22-20(24)15-10-17(21)19-18(11-15)27-7-4-8-28-19/h3,5-6,9-11,13,23H,4,7-8,12H2,1-2H3,(H,22,24). The van der Waals surface area contributed by atoms with Gasteiger partial charge in [-0.1, -0.05) is 23.7 Å². The molecule has 29 heavy (non-hydrogen) atoms. The number of fused-ring (bicyclic) bond motifs is 1. The van der Waals surface area contributed by atoms with Crippen LogP contribution in [-0.2, 0) is 16.6 Å². The Balaban J connectivity index is 1.72. The maximum atomic E-state index is 12.6. The first-order chi connectivity index (χ1) is 13.8. The maximum Gasteiger partial charge on any atom is 0.251 e. The Labute approximate surface area is 175 Å². The van der Waals surface area contributed by atoms with Crippen LogP contribution in [0.2, 0.25) is 5.02 Å². The fourth-order valence-corrected chi connectivity index (χ4v) is 4.43. The summed E-state index contributed by atoms with van der Waals surface area (Å²) in [4.78, 5) is 12.7. The van der Waals surface area contributed by atoms with Gasteiger partial charge in [-0.05, 0) is 43.7 Å². The van der Waals surface area contributed by atoms with Crippen molar-refractivity contribution in [3.8, 4) is 11.5 Å². The van der Waals surface area contributed by atoms with E-state index in [1.165, 1.54) is 18.2 Å². The van der Waals surface area contributed by atoms with Crippen LogP contribution in [0.3, 0.4) is 0 Å². The predicted molar refractivity (Wildman–Crippen MR) is 110 cm³/mol. The van der Waals surface area contributed by atoms with Gasteiger partial charge in [0.2, 0.25) is 10.0 Å². The Morgan fingerprint density at radius 3 is 2.69 bits per heavy atom. The number of benzene rings is 2. The van der Waals surface area contributed by atoms with E-state index in [0.717, 1.165) is 6.42 Å². The Hall–Kier alpha value is -2.29. The van der Waals surface area contributed by atoms with Crippen molar-refractivity contribution in [1.29, 1.82) is 0 Å². The average Bonchev–Trinajstić information content (AvgIpc) is 2.91. The highest BCUT2D eigenvalue weighted by Gasteiger charge is 2.19. The molecule has 0 saturated carbocycles. The zero-order chi connectivity index (χ0) is 21.0. The van der Waals surface area contributed by atoms with E-state index in [4.69, 9.17) is 21.1 Å². The Kier molecular flexibility index (Phi) is 6.66. The van der Waals surface area contributed by atoms with Gasteiger partial charge in [-0.3, -0.25) is 4.79 Å². The van der Waals surface area contributed by atoms with Crippen LogP contribution in [0.5, 0.6) is 11.5 Å². The minimum absolute atomic E-state index is 0.150. The zero-order valence-electron chi connectivity index (χ0n) is 16.2. The van der Waals surface area contributed by atoms with Gasteiger partial charge in [0.05, 0.1) is 23.1 Å². The number of amides is 1. The van der Waals surface area contributed by atoms with Crippen molar-refractivity contribution < 1.29 is 22.7 Å². The number of sulfonamides is 1. The van der Waals surface area contributed by atoms with E-state index in [-0.39, 0.29) is 23.4 Å². The molecule has 1 heterocycles. The summed E-state index contributed by atoms with van der Waals surface area (Å²) in [6.45, 7) is 4.66. The van der Waals surface area contributed by atoms with Gasteiger partial charge in [0.15, 0.2) is 11.5 Å². The third-order valence-electron chi connectivity index (χ3n) is 4.12. The number of hydrogen-bond acceptors (Lipinski definition) is 5. The molecule has 0 aromatic heterocycles. The molecule has 2 aromatic carbocycles. The van der Waals surface area contributed by atoms with Gasteiger partial charge in [-0.2, -0.15) is 0 Å². The summed E-state index contributed by atoms with van der Waals surface area (Å²) >= 11 is 6.23. The topological polar surface area (TPSA) is 93.7 Å². The fraction of sp³-hybridized carbons (Fsp3) is 0.350. The quantitative estimate of drug-likeness (QED) is 0.722. The molecule has 7 nitrogen and oxygen atoms in total. The lowest BCUT2D eigenvalue weighted by Crippen LogP contribution is -2.30. The van der Waals surface area contributed by atoms with Gasteiger partial charge < -0.3 is 14.8 Å². The van der Waals surface area contributed by atoms with Gasteiger partial charge in [0.25, 0.3) is 5.91 Å². The van der Waals surface area contributed by atoms with Crippen molar-refractivity contribution in [2.75, 3.05) is 13.2 Å². The van der Waals surface area contributed by atoms with Gasteiger partial charge >= 0.3 is 0 Å². The molecule has 2 N–H and O–H groups in total. The van der Waals surface area contributed by atoms with Crippen LogP contribution >= 0.6 is 11.6 Å². The van der Waals surface area contributed by atoms with Crippen molar-refractivity contribution in [3.05, 3.63) is 52.5 Å². The third-order valence-corrected chi connectivity index (χ3v) is 6.05. The second-order valence-electron chi connectivity index (χ2n) is 6.94. The van der Waals surface area contributed by atoms with E-state index in [9.17, 15) is 13.2 Å². The molecule has 1 amide bonds. The van der Waals surface area contributed by atoms with Crippen molar-refractivity contribution in [2.24, 2.45) is 0 Å². The first-order valence-electron chi connectivity index (χ1n) is 9.25. The molecule has 156 valence electrons. The molecule has 9 heteroatoms. The number of carbonyl (C=O) groups is 1. The molecular weight excluding hydrogens is 416 g/mol. The molecule has 0 spiro atoms. The summed E-state index contributed by atoms with van der Waals surface area (Å²) in [6.07, 6.45) is 0.734. The lowest BCUT2D eigenvalue weighted by Gasteiger charge is -2.13. The van der Waals surface area contributed by atoms with Crippen LogP contribution < -0.4 is 19.5 Å². The number of halogens is 1. The minimum Gasteiger partial charge on any atom is -0.489 e. The van der Waals surface area contributed by atoms with Crippen molar-refractivity contribution in [3.63, 3.8) is 0 Å². The van der Waals surface area contributed by atoms with E-state index in [1.54, 1.807) is 32.0 Å². The summed E-state index contributed by atoms with van der Waals surface area (Å²) in [5.41, 5.74) is 0.995. The molecule has 0 bridgehead atoms. The van der Waals surface area contributed by atoms with E-state index in [2.05, 4.69) is 10.0 Å². The van der Waals surface area contributed by atoms with Gasteiger partial charge in [-0.25, -0.2) is 13.1 Å². The molecule has 0 fully saturated rings. The van der Waals surface area contributed by atoms with Gasteiger partial charge in [0.1, 0.15) is 0 Å². The number of nitrogens with one attached hydrogen (secondary N) is 2. The second-order valence-corrected chi connectivity index (χ2v) is 9.06. The third kappa shape index (κ3) is 5.41. The van der Waals surface area contributed by atoms with Crippen molar-refractivity contribution in [2.45, 2.75) is 37.8 Å². The van der Waals surface area contributed by atoms with Crippen LogP contribution in [0.4, 0.5) is 0 Å². The monoisotopic (exact) mass is 438 g/mol. The van der Waals surface area contributed by atoms with Crippen LogP contribution in [0.1, 0.15) is 36.2 Å². The molecule has 2 aromatic rings. The minimum atomic E-state index is -3.60.